The summed E-state index contributed by atoms with van der Waals surface area (Å²) in [6.45, 7) is 6.52. The minimum absolute atomic E-state index is 0.0846. The van der Waals surface area contributed by atoms with E-state index < -0.39 is 28.5 Å². The van der Waals surface area contributed by atoms with E-state index in [4.69, 9.17) is 34.8 Å². The van der Waals surface area contributed by atoms with Gasteiger partial charge in [-0.3, -0.25) is 13.9 Å². The summed E-state index contributed by atoms with van der Waals surface area (Å²) in [4.78, 5) is 27.8. The number of benzene rings is 2. The second-order valence-electron chi connectivity index (χ2n) is 8.42. The number of hydrogen-bond acceptors (Lipinski definition) is 4. The molecule has 0 radical (unpaired) electrons. The van der Waals surface area contributed by atoms with E-state index in [1.54, 1.807) is 44.2 Å². The van der Waals surface area contributed by atoms with E-state index in [0.717, 1.165) is 16.1 Å². The van der Waals surface area contributed by atoms with E-state index in [2.05, 4.69) is 5.32 Å². The number of nitrogens with zero attached hydrogens (tertiary/aromatic N) is 2. The van der Waals surface area contributed by atoms with E-state index >= 15 is 0 Å². The minimum Gasteiger partial charge on any atom is -0.352 e. The van der Waals surface area contributed by atoms with Crippen molar-refractivity contribution in [2.75, 3.05) is 17.1 Å². The number of sulfonamides is 1. The van der Waals surface area contributed by atoms with Gasteiger partial charge in [-0.05, 0) is 57.0 Å². The number of amides is 2. The molecule has 2 aromatic rings. The number of carbonyl (C=O) groups is 2. The van der Waals surface area contributed by atoms with Gasteiger partial charge < -0.3 is 10.2 Å². The Kier molecular flexibility index (Phi) is 10.3. The Bertz CT molecular complexity index is 1170. The standard InChI is InChI=1S/C24H30Cl3N3O4S/c1-6-16(3)28-24(32)17(4)29(13-19-20(25)8-7-9-21(19)26)23(31)14-30(35(5,33)34)18-11-10-15(2)22(27)12-18/h7-12,16-17H,6,13-14H2,1-5H3,(H,28,32)/t16-,17-/m1/s1. The third kappa shape index (κ3) is 7.74. The van der Waals surface area contributed by atoms with Crippen molar-refractivity contribution in [3.05, 3.63) is 62.6 Å². The van der Waals surface area contributed by atoms with Crippen molar-refractivity contribution in [3.8, 4) is 0 Å². The molecule has 0 unspecified atom stereocenters. The summed E-state index contributed by atoms with van der Waals surface area (Å²) < 4.78 is 26.2. The summed E-state index contributed by atoms with van der Waals surface area (Å²) in [5.74, 6) is -0.977. The van der Waals surface area contributed by atoms with Crippen LogP contribution in [-0.4, -0.2) is 50.0 Å². The average Bonchev–Trinajstić information content (AvgIpc) is 2.77. The Morgan fingerprint density at radius 2 is 1.63 bits per heavy atom. The molecule has 2 rings (SSSR count). The molecule has 0 aliphatic carbocycles. The highest BCUT2D eigenvalue weighted by Crippen LogP contribution is 2.28. The fourth-order valence-electron chi connectivity index (χ4n) is 3.25. The van der Waals surface area contributed by atoms with Crippen LogP contribution in [0.25, 0.3) is 0 Å². The SMILES string of the molecule is CC[C@@H](C)NC(=O)[C@@H](C)N(Cc1c(Cl)cccc1Cl)C(=O)CN(c1ccc(C)c(Cl)c1)S(C)(=O)=O. The molecule has 192 valence electrons. The number of rotatable bonds is 10. The van der Waals surface area contributed by atoms with Crippen LogP contribution in [0.2, 0.25) is 15.1 Å². The summed E-state index contributed by atoms with van der Waals surface area (Å²) in [7, 11) is -3.86. The van der Waals surface area contributed by atoms with Crippen molar-refractivity contribution in [1.82, 2.24) is 10.2 Å². The van der Waals surface area contributed by atoms with Crippen LogP contribution in [0.15, 0.2) is 36.4 Å². The van der Waals surface area contributed by atoms with Gasteiger partial charge in [-0.1, -0.05) is 53.9 Å². The Morgan fingerprint density at radius 3 is 2.14 bits per heavy atom. The third-order valence-electron chi connectivity index (χ3n) is 5.68. The van der Waals surface area contributed by atoms with Gasteiger partial charge in [0.2, 0.25) is 21.8 Å². The number of hydrogen-bond donors (Lipinski definition) is 1. The van der Waals surface area contributed by atoms with Gasteiger partial charge in [0.15, 0.2) is 0 Å². The van der Waals surface area contributed by atoms with Gasteiger partial charge in [-0.2, -0.15) is 0 Å². The first kappa shape index (κ1) is 29.2. The zero-order valence-corrected chi connectivity index (χ0v) is 23.4. The zero-order valence-electron chi connectivity index (χ0n) is 20.3. The molecule has 0 saturated carbocycles. The Morgan fingerprint density at radius 1 is 1.03 bits per heavy atom. The number of nitrogens with one attached hydrogen (secondary N) is 1. The smallest absolute Gasteiger partial charge is 0.244 e. The van der Waals surface area contributed by atoms with Crippen LogP contribution in [-0.2, 0) is 26.2 Å². The Balaban J connectivity index is 2.47. The summed E-state index contributed by atoms with van der Waals surface area (Å²) >= 11 is 18.9. The summed E-state index contributed by atoms with van der Waals surface area (Å²) in [5.41, 5.74) is 1.46. The molecule has 0 fully saturated rings. The molecule has 0 spiro atoms. The van der Waals surface area contributed by atoms with Gasteiger partial charge in [0.25, 0.3) is 0 Å². The second-order valence-corrected chi connectivity index (χ2v) is 11.5. The van der Waals surface area contributed by atoms with Gasteiger partial charge >= 0.3 is 0 Å². The van der Waals surface area contributed by atoms with Crippen LogP contribution < -0.4 is 9.62 Å². The van der Waals surface area contributed by atoms with Crippen molar-refractivity contribution >= 4 is 62.3 Å². The first-order chi connectivity index (χ1) is 16.3. The molecule has 2 atom stereocenters. The molecule has 0 aliphatic heterocycles. The van der Waals surface area contributed by atoms with E-state index in [9.17, 15) is 18.0 Å². The molecule has 2 aromatic carbocycles. The highest BCUT2D eigenvalue weighted by Gasteiger charge is 2.31. The van der Waals surface area contributed by atoms with Crippen LogP contribution in [0.1, 0.15) is 38.3 Å². The van der Waals surface area contributed by atoms with E-state index in [-0.39, 0.29) is 24.2 Å². The summed E-state index contributed by atoms with van der Waals surface area (Å²) in [6.07, 6.45) is 1.71. The lowest BCUT2D eigenvalue weighted by Gasteiger charge is -2.32. The first-order valence-corrected chi connectivity index (χ1v) is 14.0. The highest BCUT2D eigenvalue weighted by atomic mass is 35.5. The predicted octanol–water partition coefficient (Wildman–Crippen LogP) is 5.05. The van der Waals surface area contributed by atoms with Crippen LogP contribution >= 0.6 is 34.8 Å². The van der Waals surface area contributed by atoms with E-state index in [1.165, 1.54) is 11.0 Å². The van der Waals surface area contributed by atoms with Gasteiger partial charge in [0.1, 0.15) is 12.6 Å². The fraction of sp³-hybridized carbons (Fsp3) is 0.417. The molecule has 0 heterocycles. The number of carbonyl (C=O) groups excluding carboxylic acids is 2. The lowest BCUT2D eigenvalue weighted by atomic mass is 10.1. The van der Waals surface area contributed by atoms with Gasteiger partial charge in [0, 0.05) is 33.2 Å². The molecule has 7 nitrogen and oxygen atoms in total. The summed E-state index contributed by atoms with van der Waals surface area (Å²) in [6, 6.07) is 8.64. The lowest BCUT2D eigenvalue weighted by molar-refractivity contribution is -0.139. The molecule has 0 aromatic heterocycles. The van der Waals surface area contributed by atoms with Crippen LogP contribution in [0.5, 0.6) is 0 Å². The van der Waals surface area contributed by atoms with E-state index in [0.29, 0.717) is 27.1 Å². The minimum atomic E-state index is -3.86. The predicted molar refractivity (Wildman–Crippen MR) is 143 cm³/mol. The van der Waals surface area contributed by atoms with Crippen molar-refractivity contribution in [2.24, 2.45) is 0 Å². The largest absolute Gasteiger partial charge is 0.352 e. The van der Waals surface area contributed by atoms with Gasteiger partial charge in [-0.25, -0.2) is 8.42 Å². The second kappa shape index (κ2) is 12.3. The zero-order chi connectivity index (χ0) is 26.5. The van der Waals surface area contributed by atoms with Crippen molar-refractivity contribution in [3.63, 3.8) is 0 Å². The molecular formula is C24H30Cl3N3O4S. The molecule has 2 amide bonds. The molecule has 11 heteroatoms. The number of anilines is 1. The molecule has 0 saturated heterocycles. The van der Waals surface area contributed by atoms with Crippen molar-refractivity contribution in [2.45, 2.75) is 52.7 Å². The van der Waals surface area contributed by atoms with Crippen LogP contribution in [0.4, 0.5) is 5.69 Å². The monoisotopic (exact) mass is 561 g/mol. The van der Waals surface area contributed by atoms with Crippen molar-refractivity contribution < 1.29 is 18.0 Å². The quantitative estimate of drug-likeness (QED) is 0.439. The number of aryl methyl sites for hydroxylation is 1. The molecule has 0 bridgehead atoms. The fourth-order valence-corrected chi connectivity index (χ4v) is 4.79. The topological polar surface area (TPSA) is 86.8 Å². The molecule has 1 N–H and O–H groups in total. The number of halogens is 3. The average molecular weight is 563 g/mol. The van der Waals surface area contributed by atoms with Crippen LogP contribution in [0.3, 0.4) is 0 Å². The Hall–Kier alpha value is -2.00. The first-order valence-electron chi connectivity index (χ1n) is 11.0. The highest BCUT2D eigenvalue weighted by molar-refractivity contribution is 7.92. The van der Waals surface area contributed by atoms with Gasteiger partial charge in [0.05, 0.1) is 11.9 Å². The maximum absolute atomic E-state index is 13.6. The maximum Gasteiger partial charge on any atom is 0.244 e. The van der Waals surface area contributed by atoms with Gasteiger partial charge in [-0.15, -0.1) is 0 Å². The molecule has 35 heavy (non-hydrogen) atoms. The Labute approximate surface area is 222 Å². The van der Waals surface area contributed by atoms with Crippen molar-refractivity contribution in [1.29, 1.82) is 0 Å². The van der Waals surface area contributed by atoms with E-state index in [1.807, 2.05) is 13.8 Å². The summed E-state index contributed by atoms with van der Waals surface area (Å²) in [5, 5.41) is 3.88. The maximum atomic E-state index is 13.6. The normalized spacial score (nSPS) is 13.1. The van der Waals surface area contributed by atoms with Crippen LogP contribution in [0, 0.1) is 6.92 Å². The molecular weight excluding hydrogens is 533 g/mol. The lowest BCUT2D eigenvalue weighted by Crippen LogP contribution is -2.52. The molecule has 0 aliphatic rings. The third-order valence-corrected chi connectivity index (χ3v) is 7.94.